The highest BCUT2D eigenvalue weighted by molar-refractivity contribution is 7.83. The van der Waals surface area contributed by atoms with Gasteiger partial charge in [0.05, 0.1) is 0 Å². The number of allylic oxidation sites excluding steroid dienone is 1. The predicted molar refractivity (Wildman–Crippen MR) is 122 cm³/mol. The summed E-state index contributed by atoms with van der Waals surface area (Å²) < 4.78 is 14.9. The van der Waals surface area contributed by atoms with Crippen LogP contribution < -0.4 is 10.6 Å². The number of benzene rings is 4. The highest BCUT2D eigenvalue weighted by Crippen LogP contribution is 2.61. The maximum absolute atomic E-state index is 14.9. The fraction of sp³-hybridized carbons (Fsp3) is 0.0370. The Morgan fingerprint density at radius 1 is 0.586 bits per heavy atom. The van der Waals surface area contributed by atoms with Crippen molar-refractivity contribution in [2.75, 3.05) is 0 Å². The monoisotopic (exact) mass is 392 g/mol. The first-order valence-corrected chi connectivity index (χ1v) is 11.6. The normalized spacial score (nSPS) is 17.9. The molecule has 0 saturated heterocycles. The van der Waals surface area contributed by atoms with E-state index in [4.69, 9.17) is 0 Å². The van der Waals surface area contributed by atoms with E-state index in [2.05, 4.69) is 42.5 Å². The van der Waals surface area contributed by atoms with Gasteiger partial charge in [-0.2, -0.15) is 0 Å². The highest BCUT2D eigenvalue weighted by atomic mass is 31.2. The van der Waals surface area contributed by atoms with Gasteiger partial charge in [-0.1, -0.05) is 115 Å². The van der Waals surface area contributed by atoms with Crippen molar-refractivity contribution in [1.29, 1.82) is 0 Å². The van der Waals surface area contributed by atoms with Crippen LogP contribution >= 0.6 is 7.14 Å². The van der Waals surface area contributed by atoms with E-state index in [-0.39, 0.29) is 0 Å². The lowest BCUT2D eigenvalue weighted by Gasteiger charge is -2.19. The van der Waals surface area contributed by atoms with Crippen LogP contribution in [0.2, 0.25) is 0 Å². The van der Waals surface area contributed by atoms with E-state index in [1.807, 2.05) is 72.8 Å². The van der Waals surface area contributed by atoms with Crippen molar-refractivity contribution in [3.05, 3.63) is 137 Å². The minimum atomic E-state index is -2.93. The minimum absolute atomic E-state index is 0.673. The number of hydrogen-bond acceptors (Lipinski definition) is 1. The van der Waals surface area contributed by atoms with Crippen molar-refractivity contribution >= 4 is 23.3 Å². The lowest BCUT2D eigenvalue weighted by atomic mass is 9.96. The van der Waals surface area contributed by atoms with Crippen molar-refractivity contribution in [2.24, 2.45) is 0 Å². The van der Waals surface area contributed by atoms with Crippen molar-refractivity contribution < 1.29 is 4.57 Å². The molecule has 2 heteroatoms. The van der Waals surface area contributed by atoms with Crippen LogP contribution in [0.15, 0.2) is 121 Å². The summed E-state index contributed by atoms with van der Waals surface area (Å²) in [4.78, 5) is 0. The van der Waals surface area contributed by atoms with Crippen LogP contribution in [-0.4, -0.2) is 0 Å². The van der Waals surface area contributed by atoms with Gasteiger partial charge in [0, 0.05) is 22.3 Å². The third kappa shape index (κ3) is 2.99. The van der Waals surface area contributed by atoms with Crippen LogP contribution in [0, 0.1) is 0 Å². The molecule has 1 unspecified atom stereocenters. The van der Waals surface area contributed by atoms with Crippen LogP contribution in [-0.2, 0) is 11.0 Å². The molecule has 1 aliphatic rings. The van der Waals surface area contributed by atoms with Crippen LogP contribution in [0.5, 0.6) is 0 Å². The zero-order valence-electron chi connectivity index (χ0n) is 16.0. The zero-order valence-corrected chi connectivity index (χ0v) is 16.9. The molecule has 0 saturated carbocycles. The molecule has 0 N–H and O–H groups in total. The Balaban J connectivity index is 1.83. The van der Waals surface area contributed by atoms with Crippen LogP contribution in [0.1, 0.15) is 16.7 Å². The fourth-order valence-corrected chi connectivity index (χ4v) is 7.53. The summed E-state index contributed by atoms with van der Waals surface area (Å²) in [5.41, 5.74) is 4.52. The lowest BCUT2D eigenvalue weighted by Crippen LogP contribution is -2.16. The second-order valence-electron chi connectivity index (χ2n) is 7.31. The largest absolute Gasteiger partial charge is 0.309 e. The maximum Gasteiger partial charge on any atom is 0.168 e. The third-order valence-corrected chi connectivity index (χ3v) is 8.81. The molecule has 5 rings (SSSR count). The second-order valence-corrected chi connectivity index (χ2v) is 10.1. The molecular weight excluding hydrogens is 371 g/mol. The Labute approximate surface area is 171 Å². The number of hydrogen-bond donors (Lipinski definition) is 0. The first-order chi connectivity index (χ1) is 14.3. The van der Waals surface area contributed by atoms with Gasteiger partial charge in [0.2, 0.25) is 0 Å². The summed E-state index contributed by atoms with van der Waals surface area (Å²) in [5, 5.41) is 2.89. The van der Waals surface area contributed by atoms with Gasteiger partial charge in [0.1, 0.15) is 0 Å². The number of fused-ring (bicyclic) bond motifs is 1. The summed E-state index contributed by atoms with van der Waals surface area (Å²) in [6.07, 6.45) is 0.673. The zero-order chi connectivity index (χ0) is 19.7. The predicted octanol–water partition coefficient (Wildman–Crippen LogP) is 6.02. The molecule has 4 aromatic carbocycles. The van der Waals surface area contributed by atoms with Crippen molar-refractivity contribution in [2.45, 2.75) is 6.42 Å². The van der Waals surface area contributed by atoms with E-state index in [1.165, 1.54) is 5.56 Å². The molecule has 0 amide bonds. The van der Waals surface area contributed by atoms with E-state index in [0.29, 0.717) is 6.42 Å². The molecule has 0 aromatic heterocycles. The molecule has 29 heavy (non-hydrogen) atoms. The van der Waals surface area contributed by atoms with Gasteiger partial charge in [-0.3, -0.25) is 0 Å². The van der Waals surface area contributed by atoms with Crippen molar-refractivity contribution in [3.63, 3.8) is 0 Å². The maximum atomic E-state index is 14.9. The molecular formula is C27H21OP. The first-order valence-electron chi connectivity index (χ1n) is 9.87. The Bertz CT molecular complexity index is 1230. The standard InChI is InChI=1S/C27H21OP/c28-29(23-16-8-3-9-17-23)25-19-11-10-18-24(25)27(22-14-6-2-7-15-22)26(29)20-21-12-4-1-5-13-21/h1-19H,20H2. The molecule has 1 aliphatic heterocycles. The SMILES string of the molecule is O=P1(c2ccccc2)C(Cc2ccccc2)=C(c2ccccc2)c2ccccc21. The molecule has 4 aromatic rings. The van der Waals surface area contributed by atoms with Gasteiger partial charge in [-0.25, -0.2) is 0 Å². The average molecular weight is 392 g/mol. The summed E-state index contributed by atoms with van der Waals surface area (Å²) >= 11 is 0. The van der Waals surface area contributed by atoms with Crippen LogP contribution in [0.3, 0.4) is 0 Å². The lowest BCUT2D eigenvalue weighted by molar-refractivity contribution is 0.590. The van der Waals surface area contributed by atoms with Gasteiger partial charge >= 0.3 is 0 Å². The van der Waals surface area contributed by atoms with E-state index >= 15 is 0 Å². The Morgan fingerprint density at radius 2 is 1.14 bits per heavy atom. The van der Waals surface area contributed by atoms with E-state index in [0.717, 1.165) is 32.6 Å². The van der Waals surface area contributed by atoms with Gasteiger partial charge in [-0.05, 0) is 22.3 Å². The topological polar surface area (TPSA) is 17.1 Å². The molecule has 140 valence electrons. The quantitative estimate of drug-likeness (QED) is 0.388. The van der Waals surface area contributed by atoms with Crippen LogP contribution in [0.25, 0.3) is 5.57 Å². The molecule has 0 radical (unpaired) electrons. The molecule has 1 heterocycles. The molecule has 0 aliphatic carbocycles. The molecule has 1 atom stereocenters. The van der Waals surface area contributed by atoms with E-state index in [9.17, 15) is 4.57 Å². The first kappa shape index (κ1) is 17.9. The average Bonchev–Trinajstić information content (AvgIpc) is 3.05. The Hall–Kier alpha value is -3.15. The van der Waals surface area contributed by atoms with E-state index in [1.54, 1.807) is 0 Å². The molecule has 0 bridgehead atoms. The van der Waals surface area contributed by atoms with Gasteiger partial charge in [0.25, 0.3) is 0 Å². The Morgan fingerprint density at radius 3 is 1.83 bits per heavy atom. The number of rotatable bonds is 4. The minimum Gasteiger partial charge on any atom is -0.309 e. The smallest absolute Gasteiger partial charge is 0.168 e. The molecule has 0 fully saturated rings. The van der Waals surface area contributed by atoms with Crippen molar-refractivity contribution in [1.82, 2.24) is 0 Å². The molecule has 1 nitrogen and oxygen atoms in total. The third-order valence-electron chi connectivity index (χ3n) is 5.58. The Kier molecular flexibility index (Phi) is 4.54. The van der Waals surface area contributed by atoms with E-state index < -0.39 is 7.14 Å². The van der Waals surface area contributed by atoms with Crippen molar-refractivity contribution in [3.8, 4) is 0 Å². The second kappa shape index (κ2) is 7.35. The summed E-state index contributed by atoms with van der Waals surface area (Å²) in [5.74, 6) is 0. The van der Waals surface area contributed by atoms with Gasteiger partial charge < -0.3 is 4.57 Å². The highest BCUT2D eigenvalue weighted by Gasteiger charge is 2.42. The van der Waals surface area contributed by atoms with Gasteiger partial charge in [-0.15, -0.1) is 0 Å². The van der Waals surface area contributed by atoms with Crippen LogP contribution in [0.4, 0.5) is 0 Å². The van der Waals surface area contributed by atoms with Gasteiger partial charge in [0.15, 0.2) is 7.14 Å². The summed E-state index contributed by atoms with van der Waals surface area (Å²) in [6, 6.07) is 38.9. The fourth-order valence-electron chi connectivity index (χ4n) is 4.27. The summed E-state index contributed by atoms with van der Waals surface area (Å²) in [7, 11) is -2.93. The molecule has 0 spiro atoms. The summed E-state index contributed by atoms with van der Waals surface area (Å²) in [6.45, 7) is 0.